The summed E-state index contributed by atoms with van der Waals surface area (Å²) >= 11 is 0. The van der Waals surface area contributed by atoms with Gasteiger partial charge in [0.15, 0.2) is 11.6 Å². The maximum atomic E-state index is 13.8. The fraction of sp³-hybridized carbons (Fsp3) is 0.533. The molecule has 1 aromatic rings. The highest BCUT2D eigenvalue weighted by atomic mass is 35.5. The number of anilines is 1. The van der Waals surface area contributed by atoms with E-state index in [1.165, 1.54) is 6.07 Å². The third-order valence-corrected chi connectivity index (χ3v) is 3.39. The molecule has 0 heterocycles. The zero-order chi connectivity index (χ0) is 14.4. The van der Waals surface area contributed by atoms with Crippen LogP contribution >= 0.6 is 12.4 Å². The van der Waals surface area contributed by atoms with Crippen LogP contribution in [-0.2, 0) is 4.79 Å². The first-order valence-corrected chi connectivity index (χ1v) is 7.09. The second-order valence-corrected chi connectivity index (χ2v) is 5.07. The average molecular weight is 317 g/mol. The highest BCUT2D eigenvalue weighted by Crippen LogP contribution is 2.28. The molecule has 4 nitrogen and oxygen atoms in total. The predicted octanol–water partition coefficient (Wildman–Crippen LogP) is 3.12. The molecule has 0 unspecified atom stereocenters. The molecule has 0 saturated heterocycles. The molecular weight excluding hydrogens is 295 g/mol. The van der Waals surface area contributed by atoms with E-state index in [0.717, 1.165) is 32.2 Å². The fourth-order valence-electron chi connectivity index (χ4n) is 1.99. The molecule has 1 aliphatic rings. The van der Waals surface area contributed by atoms with Gasteiger partial charge < -0.3 is 15.4 Å². The summed E-state index contributed by atoms with van der Waals surface area (Å²) in [6.07, 6.45) is 4.45. The van der Waals surface area contributed by atoms with E-state index >= 15 is 0 Å². The minimum atomic E-state index is -0.426. The molecule has 2 rings (SSSR count). The highest BCUT2D eigenvalue weighted by Gasteiger charge is 2.20. The number of rotatable bonds is 7. The van der Waals surface area contributed by atoms with Crippen LogP contribution in [0.1, 0.15) is 32.1 Å². The van der Waals surface area contributed by atoms with Gasteiger partial charge in [0.25, 0.3) is 0 Å². The van der Waals surface area contributed by atoms with Crippen LogP contribution in [0.5, 0.6) is 5.75 Å². The van der Waals surface area contributed by atoms with Crippen LogP contribution in [0.25, 0.3) is 0 Å². The molecule has 118 valence electrons. The van der Waals surface area contributed by atoms with Gasteiger partial charge in [0.2, 0.25) is 5.91 Å². The lowest BCUT2D eigenvalue weighted by Crippen LogP contribution is -2.25. The Kier molecular flexibility index (Phi) is 7.47. The summed E-state index contributed by atoms with van der Waals surface area (Å²) in [6, 6.07) is 4.56. The van der Waals surface area contributed by atoms with Gasteiger partial charge in [0.1, 0.15) is 0 Å². The van der Waals surface area contributed by atoms with Crippen LogP contribution in [0.3, 0.4) is 0 Å². The Bertz CT molecular complexity index is 467. The van der Waals surface area contributed by atoms with Gasteiger partial charge in [-0.05, 0) is 51.4 Å². The van der Waals surface area contributed by atoms with Crippen LogP contribution in [0.2, 0.25) is 0 Å². The number of hydrogen-bond acceptors (Lipinski definition) is 3. The SMILES string of the molecule is CNCCCC(=O)Nc1ccc(OC2CCC2)c(F)c1.Cl. The first-order chi connectivity index (χ1) is 9.69. The van der Waals surface area contributed by atoms with Gasteiger partial charge in [-0.2, -0.15) is 0 Å². The number of ether oxygens (including phenoxy) is 1. The Labute approximate surface area is 130 Å². The number of carbonyl (C=O) groups is 1. The highest BCUT2D eigenvalue weighted by molar-refractivity contribution is 5.90. The minimum Gasteiger partial charge on any atom is -0.487 e. The summed E-state index contributed by atoms with van der Waals surface area (Å²) in [7, 11) is 1.84. The van der Waals surface area contributed by atoms with Crippen molar-refractivity contribution in [1.29, 1.82) is 0 Å². The van der Waals surface area contributed by atoms with Crippen molar-refractivity contribution in [2.75, 3.05) is 18.9 Å². The Hall–Kier alpha value is -1.33. The molecule has 1 aromatic carbocycles. The van der Waals surface area contributed by atoms with Crippen molar-refractivity contribution < 1.29 is 13.9 Å². The third-order valence-electron chi connectivity index (χ3n) is 3.39. The van der Waals surface area contributed by atoms with Crippen LogP contribution in [0.15, 0.2) is 18.2 Å². The molecule has 6 heteroatoms. The largest absolute Gasteiger partial charge is 0.487 e. The molecule has 2 N–H and O–H groups in total. The number of benzene rings is 1. The van der Waals surface area contributed by atoms with E-state index in [1.54, 1.807) is 12.1 Å². The number of halogens is 2. The average Bonchev–Trinajstić information content (AvgIpc) is 2.36. The standard InChI is InChI=1S/C15H21FN2O2.ClH/c1-17-9-3-6-15(19)18-11-7-8-14(13(16)10-11)20-12-4-2-5-12;/h7-8,10,12,17H,2-6,9H2,1H3,(H,18,19);1H. The first kappa shape index (κ1) is 17.7. The van der Waals surface area contributed by atoms with E-state index in [9.17, 15) is 9.18 Å². The molecule has 0 aromatic heterocycles. The normalized spacial score (nSPS) is 14.0. The summed E-state index contributed by atoms with van der Waals surface area (Å²) in [6.45, 7) is 0.788. The monoisotopic (exact) mass is 316 g/mol. The quantitative estimate of drug-likeness (QED) is 0.760. The second kappa shape index (κ2) is 8.85. The van der Waals surface area contributed by atoms with Crippen molar-refractivity contribution in [1.82, 2.24) is 5.32 Å². The molecule has 0 aliphatic heterocycles. The smallest absolute Gasteiger partial charge is 0.224 e. The maximum Gasteiger partial charge on any atom is 0.224 e. The van der Waals surface area contributed by atoms with Gasteiger partial charge in [-0.3, -0.25) is 4.79 Å². The Morgan fingerprint density at radius 3 is 2.76 bits per heavy atom. The van der Waals surface area contributed by atoms with E-state index in [4.69, 9.17) is 4.74 Å². The summed E-state index contributed by atoms with van der Waals surface area (Å²) in [4.78, 5) is 11.6. The number of amides is 1. The van der Waals surface area contributed by atoms with Crippen molar-refractivity contribution in [3.63, 3.8) is 0 Å². The maximum absolute atomic E-state index is 13.8. The molecule has 1 saturated carbocycles. The van der Waals surface area contributed by atoms with Gasteiger partial charge in [0, 0.05) is 18.2 Å². The van der Waals surface area contributed by atoms with E-state index in [-0.39, 0.29) is 30.2 Å². The van der Waals surface area contributed by atoms with Gasteiger partial charge in [-0.25, -0.2) is 4.39 Å². The van der Waals surface area contributed by atoms with Crippen LogP contribution in [0, 0.1) is 5.82 Å². The Balaban J connectivity index is 0.00000220. The van der Waals surface area contributed by atoms with Crippen LogP contribution in [0.4, 0.5) is 10.1 Å². The first-order valence-electron chi connectivity index (χ1n) is 7.09. The lowest BCUT2D eigenvalue weighted by molar-refractivity contribution is -0.116. The molecular formula is C15H22ClFN2O2. The fourth-order valence-corrected chi connectivity index (χ4v) is 1.99. The Morgan fingerprint density at radius 1 is 1.43 bits per heavy atom. The minimum absolute atomic E-state index is 0. The van der Waals surface area contributed by atoms with Crippen molar-refractivity contribution in [3.8, 4) is 5.75 Å². The van der Waals surface area contributed by atoms with Crippen molar-refractivity contribution in [2.45, 2.75) is 38.2 Å². The zero-order valence-corrected chi connectivity index (χ0v) is 13.0. The molecule has 0 bridgehead atoms. The summed E-state index contributed by atoms with van der Waals surface area (Å²) in [5.74, 6) is -0.264. The summed E-state index contributed by atoms with van der Waals surface area (Å²) in [5, 5.41) is 5.66. The molecule has 0 radical (unpaired) electrons. The van der Waals surface area contributed by atoms with Gasteiger partial charge >= 0.3 is 0 Å². The molecule has 21 heavy (non-hydrogen) atoms. The lowest BCUT2D eigenvalue weighted by atomic mass is 9.96. The molecule has 0 spiro atoms. The number of hydrogen-bond donors (Lipinski definition) is 2. The summed E-state index contributed by atoms with van der Waals surface area (Å²) in [5.41, 5.74) is 0.470. The van der Waals surface area contributed by atoms with E-state index in [0.29, 0.717) is 12.1 Å². The van der Waals surface area contributed by atoms with Gasteiger partial charge in [0.05, 0.1) is 6.10 Å². The Morgan fingerprint density at radius 2 is 2.19 bits per heavy atom. The number of nitrogens with one attached hydrogen (secondary N) is 2. The summed E-state index contributed by atoms with van der Waals surface area (Å²) < 4.78 is 19.4. The topological polar surface area (TPSA) is 50.4 Å². The molecule has 1 fully saturated rings. The van der Waals surface area contributed by atoms with Crippen LogP contribution in [-0.4, -0.2) is 25.6 Å². The molecule has 1 aliphatic carbocycles. The van der Waals surface area contributed by atoms with Crippen molar-refractivity contribution in [2.24, 2.45) is 0 Å². The molecule has 0 atom stereocenters. The van der Waals surface area contributed by atoms with E-state index in [2.05, 4.69) is 10.6 Å². The predicted molar refractivity (Wildman–Crippen MR) is 83.7 cm³/mol. The zero-order valence-electron chi connectivity index (χ0n) is 12.2. The second-order valence-electron chi connectivity index (χ2n) is 5.07. The lowest BCUT2D eigenvalue weighted by Gasteiger charge is -2.26. The van der Waals surface area contributed by atoms with Gasteiger partial charge in [-0.15, -0.1) is 12.4 Å². The number of carbonyl (C=O) groups excluding carboxylic acids is 1. The van der Waals surface area contributed by atoms with E-state index in [1.807, 2.05) is 7.05 Å². The van der Waals surface area contributed by atoms with Crippen molar-refractivity contribution in [3.05, 3.63) is 24.0 Å². The van der Waals surface area contributed by atoms with Gasteiger partial charge in [-0.1, -0.05) is 0 Å². The third kappa shape index (κ3) is 5.52. The molecule has 1 amide bonds. The van der Waals surface area contributed by atoms with Crippen LogP contribution < -0.4 is 15.4 Å². The van der Waals surface area contributed by atoms with E-state index < -0.39 is 5.82 Å². The van der Waals surface area contributed by atoms with Crippen molar-refractivity contribution >= 4 is 24.0 Å².